The zero-order valence-electron chi connectivity index (χ0n) is 9.31. The van der Waals surface area contributed by atoms with Crippen molar-refractivity contribution in [2.24, 2.45) is 5.73 Å². The normalized spacial score (nSPS) is 12.1. The molecule has 0 aliphatic heterocycles. The first-order valence-electron chi connectivity index (χ1n) is 5.30. The number of carbonyl (C=O) groups excluding carboxylic acids is 1. The number of amides is 1. The van der Waals surface area contributed by atoms with Crippen LogP contribution in [0.3, 0.4) is 0 Å². The molecule has 1 rings (SSSR count). The summed E-state index contributed by atoms with van der Waals surface area (Å²) in [5, 5.41) is 12.1. The van der Waals surface area contributed by atoms with E-state index in [1.807, 2.05) is 6.92 Å². The summed E-state index contributed by atoms with van der Waals surface area (Å²) in [6.45, 7) is 2.17. The Balaban J connectivity index is 2.72. The fourth-order valence-electron chi connectivity index (χ4n) is 1.42. The Kier molecular flexibility index (Phi) is 4.72. The van der Waals surface area contributed by atoms with E-state index in [1.54, 1.807) is 12.1 Å². The van der Waals surface area contributed by atoms with Crippen LogP contribution in [0.5, 0.6) is 0 Å². The summed E-state index contributed by atoms with van der Waals surface area (Å²) < 4.78 is 0. The molecule has 1 heterocycles. The molecule has 0 aromatic carbocycles. The number of aliphatic hydroxyl groups excluding tert-OH is 1. The molecule has 0 aliphatic carbocycles. The molecule has 0 spiro atoms. The molecule has 88 valence electrons. The fourth-order valence-corrected chi connectivity index (χ4v) is 1.42. The number of primary amides is 1. The van der Waals surface area contributed by atoms with Crippen molar-refractivity contribution in [1.82, 2.24) is 4.98 Å². The first-order valence-corrected chi connectivity index (χ1v) is 5.30. The van der Waals surface area contributed by atoms with E-state index in [0.29, 0.717) is 6.42 Å². The van der Waals surface area contributed by atoms with Crippen LogP contribution in [-0.4, -0.2) is 28.6 Å². The van der Waals surface area contributed by atoms with Crippen LogP contribution >= 0.6 is 0 Å². The van der Waals surface area contributed by atoms with Crippen LogP contribution in [0.25, 0.3) is 0 Å². The molecule has 1 atom stereocenters. The van der Waals surface area contributed by atoms with Crippen molar-refractivity contribution in [3.05, 3.63) is 24.0 Å². The number of aromatic nitrogens is 1. The lowest BCUT2D eigenvalue weighted by atomic mass is 10.1. The molecule has 16 heavy (non-hydrogen) atoms. The highest BCUT2D eigenvalue weighted by Crippen LogP contribution is 2.12. The van der Waals surface area contributed by atoms with Crippen LogP contribution in [0.1, 0.15) is 30.3 Å². The van der Waals surface area contributed by atoms with Gasteiger partial charge in [-0.05, 0) is 25.0 Å². The lowest BCUT2D eigenvalue weighted by Gasteiger charge is -2.17. The molecule has 5 nitrogen and oxygen atoms in total. The van der Waals surface area contributed by atoms with Crippen LogP contribution in [0, 0.1) is 0 Å². The molecule has 1 aromatic rings. The number of nitrogens with one attached hydrogen (secondary N) is 1. The third-order valence-electron chi connectivity index (χ3n) is 2.35. The SMILES string of the molecule is CCC(CCO)Nc1ccnc(C(N)=O)c1. The van der Waals surface area contributed by atoms with Gasteiger partial charge >= 0.3 is 0 Å². The summed E-state index contributed by atoms with van der Waals surface area (Å²) in [6.07, 6.45) is 3.10. The van der Waals surface area contributed by atoms with E-state index < -0.39 is 5.91 Å². The quantitative estimate of drug-likeness (QED) is 0.664. The Morgan fingerprint density at radius 3 is 3.00 bits per heavy atom. The van der Waals surface area contributed by atoms with Gasteiger partial charge in [0.25, 0.3) is 5.91 Å². The molecule has 0 aliphatic rings. The van der Waals surface area contributed by atoms with Gasteiger partial charge in [-0.2, -0.15) is 0 Å². The standard InChI is InChI=1S/C11H17N3O2/c1-2-8(4-6-15)14-9-3-5-13-10(7-9)11(12)16/h3,5,7-8,15H,2,4,6H2,1H3,(H2,12,16)(H,13,14). The zero-order valence-corrected chi connectivity index (χ0v) is 9.31. The van der Waals surface area contributed by atoms with Gasteiger partial charge in [0, 0.05) is 24.5 Å². The summed E-state index contributed by atoms with van der Waals surface area (Å²) in [5.41, 5.74) is 6.17. The van der Waals surface area contributed by atoms with E-state index in [2.05, 4.69) is 10.3 Å². The number of rotatable bonds is 6. The smallest absolute Gasteiger partial charge is 0.267 e. The van der Waals surface area contributed by atoms with Crippen LogP contribution in [0.2, 0.25) is 0 Å². The van der Waals surface area contributed by atoms with Crippen molar-refractivity contribution < 1.29 is 9.90 Å². The highest BCUT2D eigenvalue weighted by molar-refractivity contribution is 5.91. The van der Waals surface area contributed by atoms with Gasteiger partial charge in [0.2, 0.25) is 0 Å². The largest absolute Gasteiger partial charge is 0.396 e. The third-order valence-corrected chi connectivity index (χ3v) is 2.35. The maximum absolute atomic E-state index is 10.9. The molecule has 0 fully saturated rings. The second-order valence-corrected chi connectivity index (χ2v) is 3.56. The number of nitrogens with zero attached hydrogens (tertiary/aromatic N) is 1. The predicted molar refractivity (Wildman–Crippen MR) is 62.2 cm³/mol. The Morgan fingerprint density at radius 1 is 1.69 bits per heavy atom. The summed E-state index contributed by atoms with van der Waals surface area (Å²) >= 11 is 0. The van der Waals surface area contributed by atoms with E-state index in [9.17, 15) is 4.79 Å². The molecule has 0 bridgehead atoms. The Labute approximate surface area is 94.7 Å². The van der Waals surface area contributed by atoms with Gasteiger partial charge in [-0.1, -0.05) is 6.92 Å². The van der Waals surface area contributed by atoms with Crippen molar-refractivity contribution in [2.75, 3.05) is 11.9 Å². The monoisotopic (exact) mass is 223 g/mol. The maximum atomic E-state index is 10.9. The zero-order chi connectivity index (χ0) is 12.0. The molecule has 1 unspecified atom stereocenters. The summed E-state index contributed by atoms with van der Waals surface area (Å²) in [7, 11) is 0. The lowest BCUT2D eigenvalue weighted by Crippen LogP contribution is -2.20. The molecular formula is C11H17N3O2. The molecule has 1 amide bonds. The topological polar surface area (TPSA) is 88.2 Å². The van der Waals surface area contributed by atoms with Crippen molar-refractivity contribution >= 4 is 11.6 Å². The summed E-state index contributed by atoms with van der Waals surface area (Å²) in [4.78, 5) is 14.8. The average molecular weight is 223 g/mol. The van der Waals surface area contributed by atoms with E-state index in [-0.39, 0.29) is 18.3 Å². The molecule has 4 N–H and O–H groups in total. The van der Waals surface area contributed by atoms with Crippen LogP contribution < -0.4 is 11.1 Å². The van der Waals surface area contributed by atoms with Crippen LogP contribution in [0.15, 0.2) is 18.3 Å². The number of carbonyl (C=O) groups is 1. The van der Waals surface area contributed by atoms with Gasteiger partial charge in [0.05, 0.1) is 0 Å². The van der Waals surface area contributed by atoms with Gasteiger partial charge in [-0.25, -0.2) is 0 Å². The van der Waals surface area contributed by atoms with Gasteiger partial charge in [-0.3, -0.25) is 9.78 Å². The Bertz CT molecular complexity index is 355. The Morgan fingerprint density at radius 2 is 2.44 bits per heavy atom. The minimum atomic E-state index is -0.543. The van der Waals surface area contributed by atoms with E-state index in [1.165, 1.54) is 6.20 Å². The maximum Gasteiger partial charge on any atom is 0.267 e. The summed E-state index contributed by atoms with van der Waals surface area (Å²) in [5.74, 6) is -0.543. The fraction of sp³-hybridized carbons (Fsp3) is 0.455. The second-order valence-electron chi connectivity index (χ2n) is 3.56. The average Bonchev–Trinajstić information content (AvgIpc) is 2.29. The van der Waals surface area contributed by atoms with Crippen molar-refractivity contribution in [2.45, 2.75) is 25.8 Å². The van der Waals surface area contributed by atoms with Gasteiger partial charge in [0.15, 0.2) is 0 Å². The first kappa shape index (κ1) is 12.4. The highest BCUT2D eigenvalue weighted by atomic mass is 16.3. The van der Waals surface area contributed by atoms with Gasteiger partial charge in [-0.15, -0.1) is 0 Å². The molecule has 0 saturated carbocycles. The number of hydrogen-bond donors (Lipinski definition) is 3. The van der Waals surface area contributed by atoms with Gasteiger partial charge in [0.1, 0.15) is 5.69 Å². The minimum Gasteiger partial charge on any atom is -0.396 e. The van der Waals surface area contributed by atoms with Gasteiger partial charge < -0.3 is 16.2 Å². The molecule has 0 radical (unpaired) electrons. The van der Waals surface area contributed by atoms with Crippen molar-refractivity contribution in [3.8, 4) is 0 Å². The third kappa shape index (κ3) is 3.51. The van der Waals surface area contributed by atoms with Crippen molar-refractivity contribution in [3.63, 3.8) is 0 Å². The van der Waals surface area contributed by atoms with E-state index in [4.69, 9.17) is 10.8 Å². The van der Waals surface area contributed by atoms with Crippen LogP contribution in [0.4, 0.5) is 5.69 Å². The molecule has 0 saturated heterocycles. The minimum absolute atomic E-state index is 0.138. The van der Waals surface area contributed by atoms with Crippen molar-refractivity contribution in [1.29, 1.82) is 0 Å². The summed E-state index contributed by atoms with van der Waals surface area (Å²) in [6, 6.07) is 3.57. The highest BCUT2D eigenvalue weighted by Gasteiger charge is 2.07. The molecule has 5 heteroatoms. The number of nitrogens with two attached hydrogens (primary N) is 1. The number of hydrogen-bond acceptors (Lipinski definition) is 4. The number of aliphatic hydroxyl groups is 1. The first-order chi connectivity index (χ1) is 7.67. The molecule has 1 aromatic heterocycles. The molecular weight excluding hydrogens is 206 g/mol. The van der Waals surface area contributed by atoms with E-state index >= 15 is 0 Å². The lowest BCUT2D eigenvalue weighted by molar-refractivity contribution is 0.0995. The second kappa shape index (κ2) is 6.07. The number of anilines is 1. The number of pyridine rings is 1. The van der Waals surface area contributed by atoms with E-state index in [0.717, 1.165) is 12.1 Å². The van der Waals surface area contributed by atoms with Crippen LogP contribution in [-0.2, 0) is 0 Å². The predicted octanol–water partition coefficient (Wildman–Crippen LogP) is 0.753. The Hall–Kier alpha value is -1.62.